The van der Waals surface area contributed by atoms with Crippen molar-refractivity contribution in [3.63, 3.8) is 0 Å². The highest BCUT2D eigenvalue weighted by Crippen LogP contribution is 2.17. The van der Waals surface area contributed by atoms with Gasteiger partial charge in [0.2, 0.25) is 0 Å². The standard InChI is InChI=1S/C60H114O6/c1-4-7-10-13-15-17-19-21-22-23-24-25-26-27-28-29-30-31-32-33-34-35-36-37-38-39-41-42-44-47-50-53-59(62)65-56-57(55-64-58(61)52-49-46-12-9-6-3)66-60(63)54-51-48-45-43-40-20-18-16-14-11-8-5-2/h23-24,57H,4-22,25-56H2,1-3H3/b24-23-. The lowest BCUT2D eigenvalue weighted by atomic mass is 10.0. The summed E-state index contributed by atoms with van der Waals surface area (Å²) in [7, 11) is 0. The summed E-state index contributed by atoms with van der Waals surface area (Å²) < 4.78 is 16.7. The van der Waals surface area contributed by atoms with Crippen molar-refractivity contribution >= 4 is 17.9 Å². The molecule has 66 heavy (non-hydrogen) atoms. The highest BCUT2D eigenvalue weighted by Gasteiger charge is 2.19. The number of carbonyl (C=O) groups is 3. The zero-order chi connectivity index (χ0) is 47.9. The van der Waals surface area contributed by atoms with Gasteiger partial charge in [0.25, 0.3) is 0 Å². The molecule has 6 nitrogen and oxygen atoms in total. The normalized spacial score (nSPS) is 12.0. The average Bonchev–Trinajstić information content (AvgIpc) is 3.31. The predicted octanol–water partition coefficient (Wildman–Crippen LogP) is 19.7. The molecule has 0 saturated heterocycles. The first-order valence-electron chi connectivity index (χ1n) is 29.7. The quantitative estimate of drug-likeness (QED) is 0.0262. The molecular formula is C60H114O6. The Bertz CT molecular complexity index is 1020. The third kappa shape index (κ3) is 53.1. The second kappa shape index (κ2) is 55.7. The van der Waals surface area contributed by atoms with E-state index in [0.29, 0.717) is 19.3 Å². The Hall–Kier alpha value is -1.85. The van der Waals surface area contributed by atoms with Crippen LogP contribution < -0.4 is 0 Å². The molecule has 1 unspecified atom stereocenters. The topological polar surface area (TPSA) is 78.9 Å². The van der Waals surface area contributed by atoms with Crippen LogP contribution >= 0.6 is 0 Å². The van der Waals surface area contributed by atoms with Gasteiger partial charge >= 0.3 is 17.9 Å². The van der Waals surface area contributed by atoms with Crippen LogP contribution in [0, 0.1) is 0 Å². The van der Waals surface area contributed by atoms with Crippen LogP contribution in [0.3, 0.4) is 0 Å². The third-order valence-electron chi connectivity index (χ3n) is 13.5. The molecule has 0 rings (SSSR count). The smallest absolute Gasteiger partial charge is 0.306 e. The van der Waals surface area contributed by atoms with Crippen LogP contribution in [0.4, 0.5) is 0 Å². The largest absolute Gasteiger partial charge is 0.462 e. The predicted molar refractivity (Wildman–Crippen MR) is 284 cm³/mol. The van der Waals surface area contributed by atoms with E-state index in [9.17, 15) is 14.4 Å². The van der Waals surface area contributed by atoms with Gasteiger partial charge in [0, 0.05) is 19.3 Å². The lowest BCUT2D eigenvalue weighted by Crippen LogP contribution is -2.30. The lowest BCUT2D eigenvalue weighted by molar-refractivity contribution is -0.167. The molecule has 0 aromatic rings. The van der Waals surface area contributed by atoms with E-state index in [4.69, 9.17) is 14.2 Å². The molecule has 0 radical (unpaired) electrons. The van der Waals surface area contributed by atoms with Crippen LogP contribution in [0.15, 0.2) is 12.2 Å². The maximum Gasteiger partial charge on any atom is 0.306 e. The fourth-order valence-electron chi connectivity index (χ4n) is 9.03. The van der Waals surface area contributed by atoms with Crippen LogP contribution in [0.25, 0.3) is 0 Å². The Balaban J connectivity index is 3.86. The minimum atomic E-state index is -0.760. The number of rotatable bonds is 55. The van der Waals surface area contributed by atoms with Crippen LogP contribution in [-0.2, 0) is 28.6 Å². The maximum absolute atomic E-state index is 12.7. The molecule has 0 aromatic carbocycles. The van der Waals surface area contributed by atoms with Crippen molar-refractivity contribution in [2.24, 2.45) is 0 Å². The summed E-state index contributed by atoms with van der Waals surface area (Å²) in [5.74, 6) is -0.860. The number of unbranched alkanes of at least 4 members (excludes halogenated alkanes) is 42. The molecule has 0 saturated carbocycles. The first kappa shape index (κ1) is 64.2. The van der Waals surface area contributed by atoms with E-state index in [1.165, 1.54) is 231 Å². The zero-order valence-electron chi connectivity index (χ0n) is 44.7. The summed E-state index contributed by atoms with van der Waals surface area (Å²) >= 11 is 0. The molecular weight excluding hydrogens is 817 g/mol. The van der Waals surface area contributed by atoms with Gasteiger partial charge in [0.15, 0.2) is 6.10 Å². The van der Waals surface area contributed by atoms with Gasteiger partial charge in [-0.1, -0.05) is 283 Å². The van der Waals surface area contributed by atoms with Crippen molar-refractivity contribution in [3.8, 4) is 0 Å². The monoisotopic (exact) mass is 931 g/mol. The minimum absolute atomic E-state index is 0.0646. The SMILES string of the molecule is CCCCCCCCCC/C=C\CCCCCCCCCCCCCCCCCCCCCC(=O)OCC(COC(=O)CCCCCCC)OC(=O)CCCCCCCCCCCCCC. The number of esters is 3. The van der Waals surface area contributed by atoms with E-state index in [1.54, 1.807) is 0 Å². The van der Waals surface area contributed by atoms with Gasteiger partial charge in [-0.25, -0.2) is 0 Å². The summed E-state index contributed by atoms with van der Waals surface area (Å²) in [4.78, 5) is 37.7. The molecule has 0 spiro atoms. The van der Waals surface area contributed by atoms with Crippen LogP contribution in [0.5, 0.6) is 0 Å². The number of allylic oxidation sites excluding steroid dienone is 2. The highest BCUT2D eigenvalue weighted by molar-refractivity contribution is 5.71. The summed E-state index contributed by atoms with van der Waals surface area (Å²) in [6.45, 7) is 6.60. The molecule has 0 heterocycles. The summed E-state index contributed by atoms with van der Waals surface area (Å²) in [5, 5.41) is 0. The Morgan fingerprint density at radius 1 is 0.288 bits per heavy atom. The Labute approximate surface area is 411 Å². The van der Waals surface area contributed by atoms with Crippen molar-refractivity contribution in [2.45, 2.75) is 341 Å². The van der Waals surface area contributed by atoms with Gasteiger partial charge in [-0.05, 0) is 44.9 Å². The van der Waals surface area contributed by atoms with E-state index >= 15 is 0 Å². The van der Waals surface area contributed by atoms with Gasteiger partial charge in [-0.2, -0.15) is 0 Å². The summed E-state index contributed by atoms with van der Waals surface area (Å²) in [6, 6.07) is 0. The zero-order valence-corrected chi connectivity index (χ0v) is 44.7. The minimum Gasteiger partial charge on any atom is -0.462 e. The molecule has 0 aliphatic rings. The maximum atomic E-state index is 12.7. The third-order valence-corrected chi connectivity index (χ3v) is 13.5. The second-order valence-corrected chi connectivity index (χ2v) is 20.3. The van der Waals surface area contributed by atoms with E-state index < -0.39 is 6.10 Å². The van der Waals surface area contributed by atoms with Crippen molar-refractivity contribution in [1.29, 1.82) is 0 Å². The Morgan fingerprint density at radius 2 is 0.500 bits per heavy atom. The van der Waals surface area contributed by atoms with Gasteiger partial charge in [0.05, 0.1) is 0 Å². The van der Waals surface area contributed by atoms with Crippen LogP contribution in [-0.4, -0.2) is 37.2 Å². The Kier molecular flexibility index (Phi) is 54.2. The lowest BCUT2D eigenvalue weighted by Gasteiger charge is -2.18. The van der Waals surface area contributed by atoms with Gasteiger partial charge in [0.1, 0.15) is 13.2 Å². The molecule has 0 N–H and O–H groups in total. The van der Waals surface area contributed by atoms with Crippen molar-refractivity contribution in [1.82, 2.24) is 0 Å². The highest BCUT2D eigenvalue weighted by atomic mass is 16.6. The first-order valence-corrected chi connectivity index (χ1v) is 29.7. The van der Waals surface area contributed by atoms with E-state index in [-0.39, 0.29) is 31.1 Å². The van der Waals surface area contributed by atoms with E-state index in [1.807, 2.05) is 0 Å². The van der Waals surface area contributed by atoms with E-state index in [2.05, 4.69) is 32.9 Å². The molecule has 0 aliphatic heterocycles. The molecule has 0 bridgehead atoms. The molecule has 1 atom stereocenters. The van der Waals surface area contributed by atoms with Crippen molar-refractivity contribution < 1.29 is 28.6 Å². The molecule has 0 amide bonds. The van der Waals surface area contributed by atoms with Gasteiger partial charge in [-0.15, -0.1) is 0 Å². The van der Waals surface area contributed by atoms with Crippen molar-refractivity contribution in [2.75, 3.05) is 13.2 Å². The molecule has 0 aliphatic carbocycles. The summed E-state index contributed by atoms with van der Waals surface area (Å²) in [6.07, 6.45) is 64.2. The average molecular weight is 932 g/mol. The molecule has 0 fully saturated rings. The van der Waals surface area contributed by atoms with Gasteiger partial charge in [-0.3, -0.25) is 14.4 Å². The molecule has 6 heteroatoms. The molecule has 0 aromatic heterocycles. The number of hydrogen-bond donors (Lipinski definition) is 0. The Morgan fingerprint density at radius 3 is 0.758 bits per heavy atom. The van der Waals surface area contributed by atoms with E-state index in [0.717, 1.165) is 64.2 Å². The van der Waals surface area contributed by atoms with Gasteiger partial charge < -0.3 is 14.2 Å². The number of carbonyl (C=O) groups excluding carboxylic acids is 3. The fraction of sp³-hybridized carbons (Fsp3) is 0.917. The number of hydrogen-bond acceptors (Lipinski definition) is 6. The summed E-state index contributed by atoms with van der Waals surface area (Å²) in [5.41, 5.74) is 0. The van der Waals surface area contributed by atoms with Crippen LogP contribution in [0.2, 0.25) is 0 Å². The van der Waals surface area contributed by atoms with Crippen molar-refractivity contribution in [3.05, 3.63) is 12.2 Å². The fourth-order valence-corrected chi connectivity index (χ4v) is 9.03. The second-order valence-electron chi connectivity index (χ2n) is 20.3. The number of ether oxygens (including phenoxy) is 3. The first-order chi connectivity index (χ1) is 32.5. The van der Waals surface area contributed by atoms with Crippen LogP contribution in [0.1, 0.15) is 335 Å². The molecule has 390 valence electrons.